The summed E-state index contributed by atoms with van der Waals surface area (Å²) in [5.41, 5.74) is 8.52. The number of halogens is 6. The lowest BCUT2D eigenvalue weighted by Gasteiger charge is -2.15. The molecular formula is C14H23Cl3F3N2-. The van der Waals surface area contributed by atoms with E-state index in [4.69, 9.17) is 0 Å². The Morgan fingerprint density at radius 2 is 1.45 bits per heavy atom. The van der Waals surface area contributed by atoms with Crippen LogP contribution in [0.2, 0.25) is 0 Å². The summed E-state index contributed by atoms with van der Waals surface area (Å²) in [6, 6.07) is 4.31. The molecule has 0 spiro atoms. The molecule has 0 aliphatic heterocycles. The van der Waals surface area contributed by atoms with E-state index >= 15 is 0 Å². The van der Waals surface area contributed by atoms with Crippen LogP contribution in [0.15, 0.2) is 18.2 Å². The molecule has 1 aromatic carbocycles. The van der Waals surface area contributed by atoms with Crippen molar-refractivity contribution in [2.75, 3.05) is 13.1 Å². The minimum absolute atomic E-state index is 0. The van der Waals surface area contributed by atoms with Crippen LogP contribution in [0.4, 0.5) is 13.2 Å². The Morgan fingerprint density at radius 1 is 0.955 bits per heavy atom. The molecule has 8 heteroatoms. The molecule has 0 amide bonds. The third-order valence-electron chi connectivity index (χ3n) is 3.21. The average molecular weight is 383 g/mol. The van der Waals surface area contributed by atoms with Crippen molar-refractivity contribution in [3.05, 3.63) is 34.9 Å². The van der Waals surface area contributed by atoms with Crippen LogP contribution in [0.3, 0.4) is 0 Å². The van der Waals surface area contributed by atoms with Gasteiger partial charge in [0.25, 0.3) is 0 Å². The summed E-state index contributed by atoms with van der Waals surface area (Å²) < 4.78 is 38.3. The summed E-state index contributed by atoms with van der Waals surface area (Å²) in [6.07, 6.45) is -1.72. The first-order valence-electron chi connectivity index (χ1n) is 6.63. The third-order valence-corrected chi connectivity index (χ3v) is 3.21. The van der Waals surface area contributed by atoms with E-state index in [1.807, 2.05) is 6.07 Å². The average Bonchev–Trinajstić information content (AvgIpc) is 2.27. The van der Waals surface area contributed by atoms with Crippen LogP contribution in [0, 0.1) is 12.8 Å². The number of aryl methyl sites for hydroxylation is 1. The SMILES string of the molecule is Cc1cc(CC(CC[NH3+])CC[NH3+])cc(C(F)(F)F)c1.[Cl-].[Cl-].[Cl-]. The summed E-state index contributed by atoms with van der Waals surface area (Å²) in [5, 5.41) is 0. The van der Waals surface area contributed by atoms with Crippen molar-refractivity contribution in [1.82, 2.24) is 0 Å². The first kappa shape index (κ1) is 26.7. The standard InChI is InChI=1S/C14H21F3N2.3ClH/c1-10-6-12(8-11(2-4-18)3-5-19)9-13(7-10)14(15,16)17;;;/h6-7,9,11H,2-5,8,18-19H2,1H3;3*1H/p-1. The fourth-order valence-corrected chi connectivity index (χ4v) is 2.40. The van der Waals surface area contributed by atoms with Gasteiger partial charge in [-0.1, -0.05) is 11.6 Å². The van der Waals surface area contributed by atoms with Crippen LogP contribution in [0.25, 0.3) is 0 Å². The lowest BCUT2D eigenvalue weighted by molar-refractivity contribution is -0.377. The van der Waals surface area contributed by atoms with E-state index in [0.29, 0.717) is 17.9 Å². The molecule has 0 aliphatic carbocycles. The number of benzene rings is 1. The molecule has 0 radical (unpaired) electrons. The van der Waals surface area contributed by atoms with Gasteiger partial charge in [0.1, 0.15) is 0 Å². The smallest absolute Gasteiger partial charge is 0.416 e. The van der Waals surface area contributed by atoms with E-state index in [2.05, 4.69) is 11.5 Å². The molecule has 0 aromatic heterocycles. The topological polar surface area (TPSA) is 55.3 Å². The van der Waals surface area contributed by atoms with Gasteiger partial charge in [-0.05, 0) is 49.8 Å². The number of alkyl halides is 3. The second-order valence-corrected chi connectivity index (χ2v) is 5.06. The fourth-order valence-electron chi connectivity index (χ4n) is 2.40. The van der Waals surface area contributed by atoms with Crippen molar-refractivity contribution >= 4 is 0 Å². The Balaban J connectivity index is -0.00000120. The summed E-state index contributed by atoms with van der Waals surface area (Å²) in [7, 11) is 0. The minimum atomic E-state index is -4.27. The molecule has 0 unspecified atom stereocenters. The van der Waals surface area contributed by atoms with Crippen molar-refractivity contribution in [3.63, 3.8) is 0 Å². The molecule has 0 saturated carbocycles. The van der Waals surface area contributed by atoms with E-state index in [9.17, 15) is 13.2 Å². The first-order valence-corrected chi connectivity index (χ1v) is 6.63. The fraction of sp³-hybridized carbons (Fsp3) is 0.571. The maximum Gasteiger partial charge on any atom is 0.416 e. The van der Waals surface area contributed by atoms with Crippen LogP contribution >= 0.6 is 0 Å². The summed E-state index contributed by atoms with van der Waals surface area (Å²) >= 11 is 0. The van der Waals surface area contributed by atoms with Gasteiger partial charge in [-0.15, -0.1) is 0 Å². The van der Waals surface area contributed by atoms with Crippen molar-refractivity contribution in [2.45, 2.75) is 32.4 Å². The summed E-state index contributed by atoms with van der Waals surface area (Å²) in [4.78, 5) is 0. The highest BCUT2D eigenvalue weighted by atomic mass is 35.5. The molecule has 0 saturated heterocycles. The van der Waals surface area contributed by atoms with Crippen molar-refractivity contribution in [1.29, 1.82) is 0 Å². The van der Waals surface area contributed by atoms with Gasteiger partial charge in [-0.2, -0.15) is 13.2 Å². The second kappa shape index (κ2) is 12.3. The zero-order chi connectivity index (χ0) is 14.5. The predicted molar refractivity (Wildman–Crippen MR) is 68.1 cm³/mol. The van der Waals surface area contributed by atoms with Crippen LogP contribution in [-0.2, 0) is 12.6 Å². The molecule has 1 rings (SSSR count). The molecule has 132 valence electrons. The number of hydrogen-bond acceptors (Lipinski definition) is 0. The van der Waals surface area contributed by atoms with Crippen molar-refractivity contribution in [2.24, 2.45) is 5.92 Å². The zero-order valence-corrected chi connectivity index (χ0v) is 14.8. The molecule has 2 nitrogen and oxygen atoms in total. The maximum absolute atomic E-state index is 12.8. The summed E-state index contributed by atoms with van der Waals surface area (Å²) in [5.74, 6) is 0.373. The molecule has 0 bridgehead atoms. The van der Waals surface area contributed by atoms with Crippen LogP contribution in [-0.4, -0.2) is 13.1 Å². The number of rotatable bonds is 6. The minimum Gasteiger partial charge on any atom is -1.00 e. The van der Waals surface area contributed by atoms with Gasteiger partial charge in [0.15, 0.2) is 0 Å². The Labute approximate surface area is 148 Å². The monoisotopic (exact) mass is 381 g/mol. The molecular weight excluding hydrogens is 360 g/mol. The predicted octanol–water partition coefficient (Wildman–Crippen LogP) is -7.55. The molecule has 6 N–H and O–H groups in total. The Bertz CT molecular complexity index is 409. The van der Waals surface area contributed by atoms with Crippen molar-refractivity contribution in [3.8, 4) is 0 Å². The second-order valence-electron chi connectivity index (χ2n) is 5.06. The number of quaternary nitrogens is 2. The normalized spacial score (nSPS) is 10.5. The Hall–Kier alpha value is -0.200. The first-order chi connectivity index (χ1) is 8.86. The molecule has 0 fully saturated rings. The van der Waals surface area contributed by atoms with E-state index < -0.39 is 11.7 Å². The molecule has 1 aromatic rings. The van der Waals surface area contributed by atoms with Gasteiger partial charge >= 0.3 is 6.18 Å². The van der Waals surface area contributed by atoms with Gasteiger partial charge in [0, 0.05) is 0 Å². The quantitative estimate of drug-likeness (QED) is 0.491. The van der Waals surface area contributed by atoms with Gasteiger partial charge < -0.3 is 48.7 Å². The van der Waals surface area contributed by atoms with Crippen LogP contribution in [0.5, 0.6) is 0 Å². The van der Waals surface area contributed by atoms with Gasteiger partial charge in [-0.25, -0.2) is 0 Å². The lowest BCUT2D eigenvalue weighted by atomic mass is 9.91. The van der Waals surface area contributed by atoms with E-state index in [1.54, 1.807) is 6.92 Å². The third kappa shape index (κ3) is 9.06. The Morgan fingerprint density at radius 3 is 1.86 bits per heavy atom. The molecule has 0 aliphatic rings. The van der Waals surface area contributed by atoms with Gasteiger partial charge in [0.05, 0.1) is 18.7 Å². The zero-order valence-electron chi connectivity index (χ0n) is 12.5. The van der Waals surface area contributed by atoms with Crippen LogP contribution in [0.1, 0.15) is 29.5 Å². The molecule has 0 atom stereocenters. The van der Waals surface area contributed by atoms with Crippen LogP contribution < -0.4 is 48.7 Å². The molecule has 22 heavy (non-hydrogen) atoms. The highest BCUT2D eigenvalue weighted by molar-refractivity contribution is 5.31. The highest BCUT2D eigenvalue weighted by Gasteiger charge is 2.31. The largest absolute Gasteiger partial charge is 1.00 e. The lowest BCUT2D eigenvalue weighted by Crippen LogP contribution is -3.00. The van der Waals surface area contributed by atoms with Gasteiger partial charge in [-0.3, -0.25) is 0 Å². The number of hydrogen-bond donors (Lipinski definition) is 2. The van der Waals surface area contributed by atoms with E-state index in [-0.39, 0.29) is 37.2 Å². The van der Waals surface area contributed by atoms with E-state index in [1.165, 1.54) is 12.1 Å². The Kier molecular flexibility index (Phi) is 14.9. The molecule has 0 heterocycles. The van der Waals surface area contributed by atoms with E-state index in [0.717, 1.165) is 31.5 Å². The van der Waals surface area contributed by atoms with Crippen molar-refractivity contribution < 1.29 is 61.9 Å². The highest BCUT2D eigenvalue weighted by Crippen LogP contribution is 2.31. The summed E-state index contributed by atoms with van der Waals surface area (Å²) in [6.45, 7) is 3.32. The maximum atomic E-state index is 12.8. The van der Waals surface area contributed by atoms with Gasteiger partial charge in [0.2, 0.25) is 0 Å².